The molecule has 1 aromatic rings. The van der Waals surface area contributed by atoms with Crippen molar-refractivity contribution in [2.24, 2.45) is 5.73 Å². The van der Waals surface area contributed by atoms with Gasteiger partial charge in [-0.1, -0.05) is 19.1 Å². The van der Waals surface area contributed by atoms with Crippen LogP contribution in [0.4, 0.5) is 0 Å². The van der Waals surface area contributed by atoms with E-state index in [4.69, 9.17) is 15.6 Å². The third kappa shape index (κ3) is 3.24. The maximum atomic E-state index is 10.8. The summed E-state index contributed by atoms with van der Waals surface area (Å²) in [4.78, 5) is 10.8. The van der Waals surface area contributed by atoms with E-state index in [1.807, 2.05) is 19.1 Å². The maximum absolute atomic E-state index is 10.8. The summed E-state index contributed by atoms with van der Waals surface area (Å²) in [6.45, 7) is 3.66. The number of hydrogen-bond donors (Lipinski definition) is 2. The second-order valence-electron chi connectivity index (χ2n) is 3.71. The summed E-state index contributed by atoms with van der Waals surface area (Å²) in [5, 5.41) is 8.83. The summed E-state index contributed by atoms with van der Waals surface area (Å²) >= 11 is 0. The molecule has 2 atom stereocenters. The van der Waals surface area contributed by atoms with Crippen molar-refractivity contribution >= 4 is 5.97 Å². The Hall–Kier alpha value is -1.55. The average molecular weight is 223 g/mol. The zero-order chi connectivity index (χ0) is 12.1. The predicted octanol–water partition coefficient (Wildman–Crippen LogP) is 1.95. The second kappa shape index (κ2) is 5.51. The molecule has 0 radical (unpaired) electrons. The Bertz CT molecular complexity index is 346. The van der Waals surface area contributed by atoms with Gasteiger partial charge in [-0.25, -0.2) is 4.79 Å². The van der Waals surface area contributed by atoms with Crippen LogP contribution in [0.2, 0.25) is 0 Å². The summed E-state index contributed by atoms with van der Waals surface area (Å²) in [6, 6.07) is 7.13. The first kappa shape index (κ1) is 12.5. The standard InChI is InChI=1S/C12H17NO3/c1-3-11(12(14)15)16-10-6-4-9(5-7-10)8(2)13/h4-8,11H,3,13H2,1-2H3,(H,14,15)/t8-,11?/m1/s1. The van der Waals surface area contributed by atoms with Crippen LogP contribution in [-0.2, 0) is 4.79 Å². The van der Waals surface area contributed by atoms with Crippen LogP contribution in [0.15, 0.2) is 24.3 Å². The number of carboxylic acids is 1. The van der Waals surface area contributed by atoms with Gasteiger partial charge in [-0.05, 0) is 31.0 Å². The van der Waals surface area contributed by atoms with Crippen LogP contribution in [0.5, 0.6) is 5.75 Å². The monoisotopic (exact) mass is 223 g/mol. The van der Waals surface area contributed by atoms with Gasteiger partial charge >= 0.3 is 5.97 Å². The number of hydrogen-bond acceptors (Lipinski definition) is 3. The normalized spacial score (nSPS) is 14.2. The van der Waals surface area contributed by atoms with Gasteiger partial charge in [0.1, 0.15) is 5.75 Å². The zero-order valence-electron chi connectivity index (χ0n) is 9.51. The lowest BCUT2D eigenvalue weighted by atomic mass is 10.1. The zero-order valence-corrected chi connectivity index (χ0v) is 9.51. The number of ether oxygens (including phenoxy) is 1. The number of nitrogens with two attached hydrogens (primary N) is 1. The third-order valence-electron chi connectivity index (χ3n) is 2.33. The van der Waals surface area contributed by atoms with E-state index in [0.717, 1.165) is 5.56 Å². The molecule has 0 saturated carbocycles. The second-order valence-corrected chi connectivity index (χ2v) is 3.71. The lowest BCUT2D eigenvalue weighted by molar-refractivity contribution is -0.145. The molecular weight excluding hydrogens is 206 g/mol. The predicted molar refractivity (Wildman–Crippen MR) is 61.4 cm³/mol. The molecule has 1 unspecified atom stereocenters. The van der Waals surface area contributed by atoms with Crippen molar-refractivity contribution in [3.05, 3.63) is 29.8 Å². The molecule has 0 spiro atoms. The molecule has 0 aliphatic heterocycles. The quantitative estimate of drug-likeness (QED) is 0.800. The maximum Gasteiger partial charge on any atom is 0.344 e. The molecule has 16 heavy (non-hydrogen) atoms. The van der Waals surface area contributed by atoms with E-state index in [0.29, 0.717) is 12.2 Å². The van der Waals surface area contributed by atoms with Crippen molar-refractivity contribution in [2.75, 3.05) is 0 Å². The van der Waals surface area contributed by atoms with Gasteiger partial charge in [0, 0.05) is 6.04 Å². The van der Waals surface area contributed by atoms with E-state index in [1.54, 1.807) is 19.1 Å². The van der Waals surface area contributed by atoms with Crippen molar-refractivity contribution in [3.63, 3.8) is 0 Å². The lowest BCUT2D eigenvalue weighted by Crippen LogP contribution is -2.25. The van der Waals surface area contributed by atoms with E-state index in [-0.39, 0.29) is 6.04 Å². The molecular formula is C12H17NO3. The van der Waals surface area contributed by atoms with Gasteiger partial charge in [0.2, 0.25) is 0 Å². The number of aliphatic carboxylic acids is 1. The summed E-state index contributed by atoms with van der Waals surface area (Å²) in [7, 11) is 0. The molecule has 0 amide bonds. The molecule has 0 saturated heterocycles. The molecule has 3 N–H and O–H groups in total. The van der Waals surface area contributed by atoms with Crippen LogP contribution in [0, 0.1) is 0 Å². The Morgan fingerprint density at radius 3 is 2.38 bits per heavy atom. The molecule has 0 aliphatic carbocycles. The van der Waals surface area contributed by atoms with Gasteiger partial charge in [-0.2, -0.15) is 0 Å². The minimum atomic E-state index is -0.946. The van der Waals surface area contributed by atoms with Gasteiger partial charge < -0.3 is 15.6 Å². The van der Waals surface area contributed by atoms with Gasteiger partial charge in [0.25, 0.3) is 0 Å². The van der Waals surface area contributed by atoms with Crippen LogP contribution in [0.25, 0.3) is 0 Å². The SMILES string of the molecule is CCC(Oc1ccc([C@@H](C)N)cc1)C(=O)O. The first-order valence-electron chi connectivity index (χ1n) is 5.29. The Morgan fingerprint density at radius 1 is 1.44 bits per heavy atom. The van der Waals surface area contributed by atoms with Gasteiger partial charge in [-0.3, -0.25) is 0 Å². The summed E-state index contributed by atoms with van der Waals surface area (Å²) in [5.41, 5.74) is 6.70. The highest BCUT2D eigenvalue weighted by Gasteiger charge is 2.16. The lowest BCUT2D eigenvalue weighted by Gasteiger charge is -2.13. The fourth-order valence-electron chi connectivity index (χ4n) is 1.32. The summed E-state index contributed by atoms with van der Waals surface area (Å²) in [5.74, 6) is -0.391. The van der Waals surface area contributed by atoms with Crippen LogP contribution in [0.3, 0.4) is 0 Å². The third-order valence-corrected chi connectivity index (χ3v) is 2.33. The molecule has 1 aromatic carbocycles. The molecule has 0 bridgehead atoms. The fourth-order valence-corrected chi connectivity index (χ4v) is 1.32. The Balaban J connectivity index is 2.71. The molecule has 0 heterocycles. The Labute approximate surface area is 95.0 Å². The highest BCUT2D eigenvalue weighted by molar-refractivity contribution is 5.72. The largest absolute Gasteiger partial charge is 0.479 e. The smallest absolute Gasteiger partial charge is 0.344 e. The molecule has 0 fully saturated rings. The Morgan fingerprint density at radius 2 is 2.00 bits per heavy atom. The first-order chi connectivity index (χ1) is 7.54. The highest BCUT2D eigenvalue weighted by Crippen LogP contribution is 2.17. The average Bonchev–Trinajstić information content (AvgIpc) is 2.26. The number of rotatable bonds is 5. The first-order valence-corrected chi connectivity index (χ1v) is 5.29. The van der Waals surface area contributed by atoms with Crippen molar-refractivity contribution < 1.29 is 14.6 Å². The highest BCUT2D eigenvalue weighted by atomic mass is 16.5. The van der Waals surface area contributed by atoms with Crippen molar-refractivity contribution in [2.45, 2.75) is 32.4 Å². The number of carbonyl (C=O) groups is 1. The van der Waals surface area contributed by atoms with Crippen LogP contribution >= 0.6 is 0 Å². The molecule has 0 aliphatic rings. The molecule has 1 rings (SSSR count). The van der Waals surface area contributed by atoms with E-state index in [9.17, 15) is 4.79 Å². The molecule has 4 nitrogen and oxygen atoms in total. The number of benzene rings is 1. The topological polar surface area (TPSA) is 72.5 Å². The van der Waals surface area contributed by atoms with Crippen molar-refractivity contribution in [1.29, 1.82) is 0 Å². The fraction of sp³-hybridized carbons (Fsp3) is 0.417. The van der Waals surface area contributed by atoms with Gasteiger partial charge in [0.15, 0.2) is 6.10 Å². The van der Waals surface area contributed by atoms with Crippen LogP contribution in [-0.4, -0.2) is 17.2 Å². The van der Waals surface area contributed by atoms with E-state index >= 15 is 0 Å². The minimum absolute atomic E-state index is 0.0319. The van der Waals surface area contributed by atoms with E-state index in [2.05, 4.69) is 0 Å². The molecule has 88 valence electrons. The van der Waals surface area contributed by atoms with E-state index in [1.165, 1.54) is 0 Å². The summed E-state index contributed by atoms with van der Waals surface area (Å²) in [6.07, 6.45) is -0.356. The van der Waals surface area contributed by atoms with Crippen LogP contribution < -0.4 is 10.5 Å². The van der Waals surface area contributed by atoms with Crippen LogP contribution in [0.1, 0.15) is 31.9 Å². The Kier molecular flexibility index (Phi) is 4.31. The van der Waals surface area contributed by atoms with Crippen molar-refractivity contribution in [3.8, 4) is 5.75 Å². The van der Waals surface area contributed by atoms with E-state index < -0.39 is 12.1 Å². The molecule has 0 aromatic heterocycles. The summed E-state index contributed by atoms with van der Waals surface area (Å²) < 4.78 is 5.32. The minimum Gasteiger partial charge on any atom is -0.479 e. The van der Waals surface area contributed by atoms with Gasteiger partial charge in [-0.15, -0.1) is 0 Å². The number of carboxylic acid groups (broad SMARTS) is 1. The molecule has 4 heteroatoms. The van der Waals surface area contributed by atoms with Gasteiger partial charge in [0.05, 0.1) is 0 Å². The van der Waals surface area contributed by atoms with Crippen molar-refractivity contribution in [1.82, 2.24) is 0 Å².